The van der Waals surface area contributed by atoms with E-state index in [1.54, 1.807) is 0 Å². The number of nitrogens with one attached hydrogen (secondary N) is 1. The van der Waals surface area contributed by atoms with Gasteiger partial charge in [0.15, 0.2) is 0 Å². The fourth-order valence-corrected chi connectivity index (χ4v) is 1.08. The highest BCUT2D eigenvalue weighted by atomic mass is 19.1. The Labute approximate surface area is 97.5 Å². The van der Waals surface area contributed by atoms with Gasteiger partial charge in [0, 0.05) is 12.5 Å². The first-order chi connectivity index (χ1) is 8.00. The van der Waals surface area contributed by atoms with Crippen LogP contribution in [-0.2, 0) is 4.79 Å². The molecule has 0 spiro atoms. The molecule has 2 N–H and O–H groups in total. The largest absolute Gasteiger partial charge is 0.478 e. The highest BCUT2D eigenvalue weighted by Gasteiger charge is 2.09. The van der Waals surface area contributed by atoms with Gasteiger partial charge in [-0.2, -0.15) is 0 Å². The zero-order valence-corrected chi connectivity index (χ0v) is 9.08. The molecule has 0 fully saturated rings. The highest BCUT2D eigenvalue weighted by molar-refractivity contribution is 5.88. The van der Waals surface area contributed by atoms with Crippen LogP contribution >= 0.6 is 0 Å². The van der Waals surface area contributed by atoms with Gasteiger partial charge in [0.25, 0.3) is 0 Å². The fraction of sp³-hybridized carbons (Fsp3) is 0.167. The highest BCUT2D eigenvalue weighted by Crippen LogP contribution is 2.09. The molecule has 0 saturated carbocycles. The first kappa shape index (κ1) is 12.7. The number of benzene rings is 1. The number of halogens is 1. The summed E-state index contributed by atoms with van der Waals surface area (Å²) in [4.78, 5) is 21.1. The average molecular weight is 235 g/mol. The second kappa shape index (κ2) is 5.66. The Kier molecular flexibility index (Phi) is 4.23. The van der Waals surface area contributed by atoms with Crippen molar-refractivity contribution < 1.29 is 19.1 Å². The first-order valence-corrected chi connectivity index (χ1v) is 4.77. The van der Waals surface area contributed by atoms with Crippen molar-refractivity contribution >= 4 is 11.9 Å². The number of aromatic carboxylic acids is 1. The normalized spacial score (nSPS) is 9.06. The second-order valence-electron chi connectivity index (χ2n) is 3.21. The molecular weight excluding hydrogens is 225 g/mol. The smallest absolute Gasteiger partial charge is 0.338 e. The maximum Gasteiger partial charge on any atom is 0.338 e. The molecule has 0 saturated heterocycles. The molecule has 0 radical (unpaired) electrons. The lowest BCUT2D eigenvalue weighted by Gasteiger charge is -1.97. The Bertz CT molecular complexity index is 514. The van der Waals surface area contributed by atoms with E-state index < -0.39 is 17.3 Å². The predicted molar refractivity (Wildman–Crippen MR) is 58.9 cm³/mol. The van der Waals surface area contributed by atoms with Gasteiger partial charge < -0.3 is 10.4 Å². The van der Waals surface area contributed by atoms with Gasteiger partial charge in [0.2, 0.25) is 5.91 Å². The number of amides is 1. The molecule has 1 rings (SSSR count). The summed E-state index contributed by atoms with van der Waals surface area (Å²) < 4.78 is 13.2. The van der Waals surface area contributed by atoms with Crippen LogP contribution in [0.25, 0.3) is 0 Å². The zero-order chi connectivity index (χ0) is 12.8. The number of carbonyl (C=O) groups excluding carboxylic acids is 1. The molecule has 0 aliphatic rings. The van der Waals surface area contributed by atoms with Crippen LogP contribution in [0.2, 0.25) is 0 Å². The molecule has 1 amide bonds. The Morgan fingerprint density at radius 2 is 2.18 bits per heavy atom. The molecule has 1 aromatic rings. The summed E-state index contributed by atoms with van der Waals surface area (Å²) in [6.45, 7) is 1.53. The summed E-state index contributed by atoms with van der Waals surface area (Å²) in [5.41, 5.74) is -0.0322. The molecule has 5 heteroatoms. The Morgan fingerprint density at radius 3 is 2.71 bits per heavy atom. The Balaban J connectivity index is 2.77. The van der Waals surface area contributed by atoms with Crippen LogP contribution in [0, 0.1) is 17.7 Å². The van der Waals surface area contributed by atoms with Crippen LogP contribution in [0.5, 0.6) is 0 Å². The SMILES string of the molecule is CC(=O)NCC#Cc1ccc(C(=O)O)c(F)c1. The molecule has 0 heterocycles. The third kappa shape index (κ3) is 3.95. The number of hydrogen-bond donors (Lipinski definition) is 2. The van der Waals surface area contributed by atoms with E-state index in [0.29, 0.717) is 5.56 Å². The van der Waals surface area contributed by atoms with Crippen LogP contribution in [0.15, 0.2) is 18.2 Å². The number of carboxylic acids is 1. The van der Waals surface area contributed by atoms with E-state index in [1.165, 1.54) is 13.0 Å². The lowest BCUT2D eigenvalue weighted by Crippen LogP contribution is -2.19. The van der Waals surface area contributed by atoms with Gasteiger partial charge in [-0.25, -0.2) is 9.18 Å². The standard InChI is InChI=1S/C12H10FNO3/c1-8(15)14-6-2-3-9-4-5-10(12(16)17)11(13)7-9/h4-5,7H,6H2,1H3,(H,14,15)(H,16,17). The summed E-state index contributed by atoms with van der Waals surface area (Å²) >= 11 is 0. The maximum absolute atomic E-state index is 13.2. The third-order valence-corrected chi connectivity index (χ3v) is 1.86. The molecule has 4 nitrogen and oxygen atoms in total. The van der Waals surface area contributed by atoms with Crippen LogP contribution in [0.1, 0.15) is 22.8 Å². The van der Waals surface area contributed by atoms with Gasteiger partial charge in [-0.05, 0) is 18.2 Å². The van der Waals surface area contributed by atoms with E-state index in [2.05, 4.69) is 17.2 Å². The topological polar surface area (TPSA) is 66.4 Å². The van der Waals surface area contributed by atoms with Crippen molar-refractivity contribution in [1.82, 2.24) is 5.32 Å². The summed E-state index contributed by atoms with van der Waals surface area (Å²) in [6.07, 6.45) is 0. The van der Waals surface area contributed by atoms with E-state index >= 15 is 0 Å². The van der Waals surface area contributed by atoms with Gasteiger partial charge >= 0.3 is 5.97 Å². The minimum absolute atomic E-state index is 0.164. The lowest BCUT2D eigenvalue weighted by molar-refractivity contribution is -0.118. The van der Waals surface area contributed by atoms with E-state index in [4.69, 9.17) is 5.11 Å². The van der Waals surface area contributed by atoms with Crippen LogP contribution in [-0.4, -0.2) is 23.5 Å². The van der Waals surface area contributed by atoms with Gasteiger partial charge in [-0.15, -0.1) is 0 Å². The van der Waals surface area contributed by atoms with E-state index in [0.717, 1.165) is 12.1 Å². The average Bonchev–Trinajstić information content (AvgIpc) is 2.23. The Hall–Kier alpha value is -2.35. The van der Waals surface area contributed by atoms with E-state index in [9.17, 15) is 14.0 Å². The maximum atomic E-state index is 13.2. The quantitative estimate of drug-likeness (QED) is 0.752. The first-order valence-electron chi connectivity index (χ1n) is 4.77. The number of carboxylic acid groups (broad SMARTS) is 1. The molecule has 0 unspecified atom stereocenters. The van der Waals surface area contributed by atoms with Crippen molar-refractivity contribution in [2.24, 2.45) is 0 Å². The van der Waals surface area contributed by atoms with Crippen LogP contribution < -0.4 is 5.32 Å². The summed E-state index contributed by atoms with van der Waals surface area (Å²) in [5, 5.41) is 11.1. The summed E-state index contributed by atoms with van der Waals surface area (Å²) in [6, 6.07) is 3.61. The summed E-state index contributed by atoms with van der Waals surface area (Å²) in [5.74, 6) is 2.87. The molecule has 1 aromatic carbocycles. The minimum Gasteiger partial charge on any atom is -0.478 e. The van der Waals surface area contributed by atoms with Crippen molar-refractivity contribution in [2.45, 2.75) is 6.92 Å². The third-order valence-electron chi connectivity index (χ3n) is 1.86. The van der Waals surface area contributed by atoms with Crippen LogP contribution in [0.3, 0.4) is 0 Å². The predicted octanol–water partition coefficient (Wildman–Crippen LogP) is 1.01. The fourth-order valence-electron chi connectivity index (χ4n) is 1.08. The molecule has 0 aromatic heterocycles. The minimum atomic E-state index is -1.32. The molecule has 88 valence electrons. The Morgan fingerprint density at radius 1 is 1.47 bits per heavy atom. The van der Waals surface area contributed by atoms with Gasteiger partial charge in [-0.3, -0.25) is 4.79 Å². The molecular formula is C12H10FNO3. The number of carbonyl (C=O) groups is 2. The number of hydrogen-bond acceptors (Lipinski definition) is 2. The van der Waals surface area contributed by atoms with Crippen molar-refractivity contribution in [3.63, 3.8) is 0 Å². The second-order valence-corrected chi connectivity index (χ2v) is 3.21. The molecule has 17 heavy (non-hydrogen) atoms. The molecule has 0 aliphatic carbocycles. The monoisotopic (exact) mass is 235 g/mol. The summed E-state index contributed by atoms with van der Waals surface area (Å²) in [7, 11) is 0. The van der Waals surface area contributed by atoms with Gasteiger partial charge in [-0.1, -0.05) is 11.8 Å². The van der Waals surface area contributed by atoms with Crippen LogP contribution in [0.4, 0.5) is 4.39 Å². The van der Waals surface area contributed by atoms with Gasteiger partial charge in [0.05, 0.1) is 12.1 Å². The van der Waals surface area contributed by atoms with Crippen molar-refractivity contribution in [1.29, 1.82) is 0 Å². The zero-order valence-electron chi connectivity index (χ0n) is 9.08. The van der Waals surface area contributed by atoms with Gasteiger partial charge in [0.1, 0.15) is 5.82 Å². The van der Waals surface area contributed by atoms with E-state index in [-0.39, 0.29) is 12.5 Å². The van der Waals surface area contributed by atoms with Crippen molar-refractivity contribution in [2.75, 3.05) is 6.54 Å². The van der Waals surface area contributed by atoms with E-state index in [1.807, 2.05) is 0 Å². The lowest BCUT2D eigenvalue weighted by atomic mass is 10.1. The number of rotatable bonds is 2. The molecule has 0 aliphatic heterocycles. The molecule has 0 atom stereocenters. The van der Waals surface area contributed by atoms with Crippen molar-refractivity contribution in [3.05, 3.63) is 35.1 Å². The molecule has 0 bridgehead atoms. The van der Waals surface area contributed by atoms with Crippen molar-refractivity contribution in [3.8, 4) is 11.8 Å².